The number of unbranched alkanes of at least 4 members (excludes halogenated alkanes) is 3. The minimum atomic E-state index is -0.755. The molecule has 1 aromatic heterocycles. The van der Waals surface area contributed by atoms with E-state index < -0.39 is 5.97 Å². The summed E-state index contributed by atoms with van der Waals surface area (Å²) in [5.74, 6) is -0.817. The van der Waals surface area contributed by atoms with Crippen LogP contribution in [-0.2, 0) is 16.0 Å². The number of rotatable bonds is 9. The number of aliphatic carboxylic acids is 1. The van der Waals surface area contributed by atoms with Gasteiger partial charge in [0.05, 0.1) is 18.3 Å². The number of pyridine rings is 1. The third kappa shape index (κ3) is 7.35. The Morgan fingerprint density at radius 2 is 1.95 bits per heavy atom. The van der Waals surface area contributed by atoms with Crippen molar-refractivity contribution in [2.75, 3.05) is 12.3 Å². The summed E-state index contributed by atoms with van der Waals surface area (Å²) in [5.41, 5.74) is 6.79. The number of nitrogens with zero attached hydrogens (tertiary/aromatic N) is 1. The van der Waals surface area contributed by atoms with E-state index in [0.717, 1.165) is 19.3 Å². The fraction of sp³-hybridized carbons (Fsp3) is 0.500. The van der Waals surface area contributed by atoms with Gasteiger partial charge >= 0.3 is 5.97 Å². The van der Waals surface area contributed by atoms with E-state index >= 15 is 0 Å². The number of carboxylic acid groups (broad SMARTS) is 1. The molecule has 1 aromatic rings. The summed E-state index contributed by atoms with van der Waals surface area (Å²) >= 11 is 0. The van der Waals surface area contributed by atoms with Crippen LogP contribution in [0.5, 0.6) is 0 Å². The van der Waals surface area contributed by atoms with Crippen LogP contribution in [0.3, 0.4) is 0 Å². The molecule has 1 amide bonds. The monoisotopic (exact) mass is 279 g/mol. The van der Waals surface area contributed by atoms with Gasteiger partial charge in [-0.15, -0.1) is 0 Å². The second kappa shape index (κ2) is 8.90. The van der Waals surface area contributed by atoms with Crippen LogP contribution in [0, 0.1) is 0 Å². The quantitative estimate of drug-likeness (QED) is 0.592. The number of aromatic nitrogens is 1. The van der Waals surface area contributed by atoms with E-state index in [1.807, 2.05) is 0 Å². The first-order chi connectivity index (χ1) is 9.58. The SMILES string of the molecule is Nc1ccc(CC(=O)NCCCCCCC(=O)O)nc1. The number of nitrogen functional groups attached to an aromatic ring is 1. The Balaban J connectivity index is 2.05. The number of hydrogen-bond acceptors (Lipinski definition) is 4. The molecule has 0 aromatic carbocycles. The van der Waals surface area contributed by atoms with Gasteiger partial charge in [0.2, 0.25) is 5.91 Å². The lowest BCUT2D eigenvalue weighted by Crippen LogP contribution is -2.26. The lowest BCUT2D eigenvalue weighted by Gasteiger charge is -2.05. The van der Waals surface area contributed by atoms with Crippen molar-refractivity contribution in [3.05, 3.63) is 24.0 Å². The van der Waals surface area contributed by atoms with Crippen LogP contribution in [0.2, 0.25) is 0 Å². The fourth-order valence-electron chi connectivity index (χ4n) is 1.75. The average molecular weight is 279 g/mol. The summed E-state index contributed by atoms with van der Waals surface area (Å²) in [7, 11) is 0. The Kier molecular flexibility index (Phi) is 7.10. The van der Waals surface area contributed by atoms with Crippen molar-refractivity contribution >= 4 is 17.6 Å². The highest BCUT2D eigenvalue weighted by Crippen LogP contribution is 2.03. The molecule has 4 N–H and O–H groups in total. The van der Waals surface area contributed by atoms with Gasteiger partial charge in [-0.25, -0.2) is 0 Å². The molecule has 1 heterocycles. The predicted molar refractivity (Wildman–Crippen MR) is 76.1 cm³/mol. The molecule has 0 radical (unpaired) electrons. The van der Waals surface area contributed by atoms with Gasteiger partial charge < -0.3 is 16.2 Å². The molecule has 0 atom stereocenters. The zero-order valence-electron chi connectivity index (χ0n) is 11.5. The maximum absolute atomic E-state index is 11.6. The predicted octanol–water partition coefficient (Wildman–Crippen LogP) is 1.36. The van der Waals surface area contributed by atoms with Crippen molar-refractivity contribution in [3.63, 3.8) is 0 Å². The summed E-state index contributed by atoms with van der Waals surface area (Å²) in [6.07, 6.45) is 5.36. The first-order valence-electron chi connectivity index (χ1n) is 6.77. The van der Waals surface area contributed by atoms with Crippen LogP contribution in [0.15, 0.2) is 18.3 Å². The fourth-order valence-corrected chi connectivity index (χ4v) is 1.75. The summed E-state index contributed by atoms with van der Waals surface area (Å²) in [4.78, 5) is 26.0. The third-order valence-electron chi connectivity index (χ3n) is 2.83. The van der Waals surface area contributed by atoms with Gasteiger partial charge in [-0.05, 0) is 25.0 Å². The number of anilines is 1. The van der Waals surface area contributed by atoms with Gasteiger partial charge in [0.1, 0.15) is 0 Å². The summed E-state index contributed by atoms with van der Waals surface area (Å²) in [6, 6.07) is 3.46. The highest BCUT2D eigenvalue weighted by atomic mass is 16.4. The number of carbonyl (C=O) groups is 2. The Morgan fingerprint density at radius 3 is 2.60 bits per heavy atom. The van der Waals surface area contributed by atoms with E-state index in [0.29, 0.717) is 24.3 Å². The molecule has 110 valence electrons. The minimum absolute atomic E-state index is 0.0622. The molecule has 0 saturated carbocycles. The molecular formula is C14H21N3O3. The lowest BCUT2D eigenvalue weighted by molar-refractivity contribution is -0.137. The maximum Gasteiger partial charge on any atom is 0.303 e. The lowest BCUT2D eigenvalue weighted by atomic mass is 10.1. The molecule has 0 aliphatic rings. The highest BCUT2D eigenvalue weighted by Gasteiger charge is 2.03. The molecule has 1 rings (SSSR count). The van der Waals surface area contributed by atoms with Crippen molar-refractivity contribution in [3.8, 4) is 0 Å². The van der Waals surface area contributed by atoms with Gasteiger partial charge in [-0.1, -0.05) is 12.8 Å². The van der Waals surface area contributed by atoms with Crippen molar-refractivity contribution < 1.29 is 14.7 Å². The summed E-state index contributed by atoms with van der Waals surface area (Å²) < 4.78 is 0. The number of carboxylic acids is 1. The van der Waals surface area contributed by atoms with Crippen LogP contribution in [0.25, 0.3) is 0 Å². The van der Waals surface area contributed by atoms with Crippen molar-refractivity contribution in [1.29, 1.82) is 0 Å². The van der Waals surface area contributed by atoms with Gasteiger partial charge in [0.15, 0.2) is 0 Å². The molecule has 6 nitrogen and oxygen atoms in total. The van der Waals surface area contributed by atoms with Crippen LogP contribution < -0.4 is 11.1 Å². The summed E-state index contributed by atoms with van der Waals surface area (Å²) in [5, 5.41) is 11.3. The topological polar surface area (TPSA) is 105 Å². The van der Waals surface area contributed by atoms with Crippen molar-refractivity contribution in [1.82, 2.24) is 10.3 Å². The van der Waals surface area contributed by atoms with Gasteiger partial charge in [-0.3, -0.25) is 14.6 Å². The second-order valence-electron chi connectivity index (χ2n) is 4.67. The van der Waals surface area contributed by atoms with Crippen LogP contribution >= 0.6 is 0 Å². The largest absolute Gasteiger partial charge is 0.481 e. The minimum Gasteiger partial charge on any atom is -0.481 e. The first-order valence-corrected chi connectivity index (χ1v) is 6.77. The first kappa shape index (κ1) is 15.9. The van der Waals surface area contributed by atoms with Crippen molar-refractivity contribution in [2.45, 2.75) is 38.5 Å². The average Bonchev–Trinajstić information content (AvgIpc) is 2.40. The molecule has 0 aliphatic heterocycles. The molecule has 0 bridgehead atoms. The van der Waals surface area contributed by atoms with E-state index in [9.17, 15) is 9.59 Å². The third-order valence-corrected chi connectivity index (χ3v) is 2.83. The second-order valence-corrected chi connectivity index (χ2v) is 4.67. The van der Waals surface area contributed by atoms with E-state index in [1.165, 1.54) is 6.20 Å². The van der Waals surface area contributed by atoms with E-state index in [1.54, 1.807) is 12.1 Å². The van der Waals surface area contributed by atoms with Crippen LogP contribution in [0.4, 0.5) is 5.69 Å². The zero-order valence-corrected chi connectivity index (χ0v) is 11.5. The van der Waals surface area contributed by atoms with Gasteiger partial charge in [0.25, 0.3) is 0 Å². The normalized spacial score (nSPS) is 10.2. The molecule has 0 aliphatic carbocycles. The van der Waals surface area contributed by atoms with Crippen LogP contribution in [-0.4, -0.2) is 28.5 Å². The Bertz CT molecular complexity index is 432. The number of nitrogens with one attached hydrogen (secondary N) is 1. The zero-order chi connectivity index (χ0) is 14.8. The Labute approximate surface area is 118 Å². The molecule has 6 heteroatoms. The molecule has 20 heavy (non-hydrogen) atoms. The molecule has 0 spiro atoms. The Hall–Kier alpha value is -2.11. The Morgan fingerprint density at radius 1 is 1.20 bits per heavy atom. The molecule has 0 saturated heterocycles. The highest BCUT2D eigenvalue weighted by molar-refractivity contribution is 5.78. The number of amides is 1. The van der Waals surface area contributed by atoms with E-state index in [2.05, 4.69) is 10.3 Å². The molecule has 0 fully saturated rings. The number of hydrogen-bond donors (Lipinski definition) is 3. The van der Waals surface area contributed by atoms with Crippen molar-refractivity contribution in [2.24, 2.45) is 0 Å². The van der Waals surface area contributed by atoms with E-state index in [-0.39, 0.29) is 18.7 Å². The summed E-state index contributed by atoms with van der Waals surface area (Å²) in [6.45, 7) is 0.612. The van der Waals surface area contributed by atoms with Crippen LogP contribution in [0.1, 0.15) is 37.8 Å². The standard InChI is InChI=1S/C14H21N3O3/c15-11-6-7-12(17-10-11)9-13(18)16-8-4-2-1-3-5-14(19)20/h6-7,10H,1-5,8-9,15H2,(H,16,18)(H,19,20). The molecule has 0 unspecified atom stereocenters. The number of carbonyl (C=O) groups excluding carboxylic acids is 1. The number of nitrogens with two attached hydrogens (primary N) is 1. The van der Waals surface area contributed by atoms with Gasteiger partial charge in [0, 0.05) is 18.7 Å². The molecular weight excluding hydrogens is 258 g/mol. The smallest absolute Gasteiger partial charge is 0.303 e. The van der Waals surface area contributed by atoms with E-state index in [4.69, 9.17) is 10.8 Å². The van der Waals surface area contributed by atoms with Gasteiger partial charge in [-0.2, -0.15) is 0 Å². The maximum atomic E-state index is 11.6.